The summed E-state index contributed by atoms with van der Waals surface area (Å²) in [5, 5.41) is 2.97. The van der Waals surface area contributed by atoms with Crippen LogP contribution in [0.5, 0.6) is 0 Å². The Morgan fingerprint density at radius 2 is 2.05 bits per heavy atom. The lowest BCUT2D eigenvalue weighted by Gasteiger charge is -2.31. The first kappa shape index (κ1) is 17.4. The molecule has 118 valence electrons. The average Bonchev–Trinajstić information content (AvgIpc) is 2.78. The Morgan fingerprint density at radius 1 is 1.43 bits per heavy atom. The van der Waals surface area contributed by atoms with E-state index in [4.69, 9.17) is 0 Å². The first-order valence-electron chi connectivity index (χ1n) is 6.57. The van der Waals surface area contributed by atoms with Gasteiger partial charge in [-0.15, -0.1) is 11.3 Å². The van der Waals surface area contributed by atoms with Gasteiger partial charge in [-0.25, -0.2) is 12.7 Å². The third-order valence-electron chi connectivity index (χ3n) is 3.45. The zero-order valence-electron chi connectivity index (χ0n) is 11.4. The lowest BCUT2D eigenvalue weighted by molar-refractivity contribution is 0.0923. The first-order chi connectivity index (χ1) is 9.83. The van der Waals surface area contributed by atoms with E-state index >= 15 is 0 Å². The van der Waals surface area contributed by atoms with E-state index in [2.05, 4.69) is 37.2 Å². The number of rotatable bonds is 4. The molecule has 0 bridgehead atoms. The van der Waals surface area contributed by atoms with Gasteiger partial charge >= 0.3 is 0 Å². The maximum absolute atomic E-state index is 12.2. The number of halogens is 2. The van der Waals surface area contributed by atoms with Crippen LogP contribution in [0.1, 0.15) is 30.1 Å². The van der Waals surface area contributed by atoms with Crippen molar-refractivity contribution < 1.29 is 13.2 Å². The zero-order chi connectivity index (χ0) is 15.6. The molecule has 1 aromatic heterocycles. The Labute approximate surface area is 145 Å². The second-order valence-electron chi connectivity index (χ2n) is 4.79. The third-order valence-corrected chi connectivity index (χ3v) is 7.67. The Balaban J connectivity index is 1.92. The monoisotopic (exact) mass is 458 g/mol. The minimum atomic E-state index is -3.12. The number of amides is 1. The van der Waals surface area contributed by atoms with E-state index in [0.29, 0.717) is 31.5 Å². The van der Waals surface area contributed by atoms with Gasteiger partial charge in [-0.1, -0.05) is 0 Å². The molecule has 0 aromatic carbocycles. The van der Waals surface area contributed by atoms with Crippen LogP contribution in [-0.4, -0.2) is 43.5 Å². The van der Waals surface area contributed by atoms with Crippen LogP contribution in [0.4, 0.5) is 0 Å². The molecular weight excluding hydrogens is 444 g/mol. The van der Waals surface area contributed by atoms with Crippen LogP contribution in [0.25, 0.3) is 0 Å². The Hall–Kier alpha value is 0.0400. The number of piperidine rings is 1. The van der Waals surface area contributed by atoms with E-state index in [1.54, 1.807) is 13.0 Å². The van der Waals surface area contributed by atoms with Gasteiger partial charge in [0.15, 0.2) is 0 Å². The van der Waals surface area contributed by atoms with Crippen molar-refractivity contribution >= 4 is 59.1 Å². The summed E-state index contributed by atoms with van der Waals surface area (Å²) in [6.45, 7) is 2.58. The van der Waals surface area contributed by atoms with Crippen molar-refractivity contribution in [2.45, 2.75) is 25.8 Å². The summed E-state index contributed by atoms with van der Waals surface area (Å²) in [6, 6.07) is 1.80. The summed E-state index contributed by atoms with van der Waals surface area (Å²) >= 11 is 8.17. The molecular formula is C12H16Br2N2O3S2. The van der Waals surface area contributed by atoms with Crippen LogP contribution >= 0.6 is 43.2 Å². The standard InChI is InChI=1S/C12H16Br2N2O3S2/c1-2-21(18,19)16-5-3-8(4-6-16)15-12(17)9-7-10(13)20-11(9)14/h7-8H,2-6H2,1H3,(H,15,17). The smallest absolute Gasteiger partial charge is 0.253 e. The third kappa shape index (κ3) is 4.28. The molecule has 0 aliphatic carbocycles. The summed E-state index contributed by atoms with van der Waals surface area (Å²) in [6.07, 6.45) is 1.29. The molecule has 0 atom stereocenters. The van der Waals surface area contributed by atoms with E-state index in [1.165, 1.54) is 15.6 Å². The number of carbonyl (C=O) groups excluding carboxylic acids is 1. The Kier molecular flexibility index (Phi) is 5.86. The first-order valence-corrected chi connectivity index (χ1v) is 10.6. The molecule has 2 heterocycles. The second kappa shape index (κ2) is 7.08. The van der Waals surface area contributed by atoms with Gasteiger partial charge in [0, 0.05) is 19.1 Å². The lowest BCUT2D eigenvalue weighted by atomic mass is 10.1. The number of hydrogen-bond donors (Lipinski definition) is 1. The maximum atomic E-state index is 12.2. The highest BCUT2D eigenvalue weighted by Gasteiger charge is 2.28. The largest absolute Gasteiger partial charge is 0.349 e. The highest BCUT2D eigenvalue weighted by molar-refractivity contribution is 9.12. The number of thiophene rings is 1. The molecule has 21 heavy (non-hydrogen) atoms. The molecule has 1 N–H and O–H groups in total. The van der Waals surface area contributed by atoms with E-state index in [-0.39, 0.29) is 17.7 Å². The molecule has 0 unspecified atom stereocenters. The van der Waals surface area contributed by atoms with Gasteiger partial charge in [0.1, 0.15) is 0 Å². The molecule has 9 heteroatoms. The molecule has 0 radical (unpaired) electrons. The van der Waals surface area contributed by atoms with E-state index in [1.807, 2.05) is 0 Å². The van der Waals surface area contributed by atoms with Crippen LogP contribution in [0.2, 0.25) is 0 Å². The number of nitrogens with one attached hydrogen (secondary N) is 1. The molecule has 5 nitrogen and oxygen atoms in total. The maximum Gasteiger partial charge on any atom is 0.253 e. The van der Waals surface area contributed by atoms with Crippen LogP contribution in [-0.2, 0) is 10.0 Å². The van der Waals surface area contributed by atoms with Gasteiger partial charge in [0.2, 0.25) is 10.0 Å². The minimum Gasteiger partial charge on any atom is -0.349 e. The van der Waals surface area contributed by atoms with E-state index in [9.17, 15) is 13.2 Å². The quantitative estimate of drug-likeness (QED) is 0.752. The summed E-state index contributed by atoms with van der Waals surface area (Å²) < 4.78 is 26.7. The fraction of sp³-hybridized carbons (Fsp3) is 0.583. The van der Waals surface area contributed by atoms with Crippen LogP contribution < -0.4 is 5.32 Å². The number of nitrogens with zero attached hydrogens (tertiary/aromatic N) is 1. The summed E-state index contributed by atoms with van der Waals surface area (Å²) in [7, 11) is -3.12. The van der Waals surface area contributed by atoms with Crippen LogP contribution in [0, 0.1) is 0 Å². The normalized spacial score (nSPS) is 17.9. The minimum absolute atomic E-state index is 0.0198. The molecule has 0 saturated carbocycles. The van der Waals surface area contributed by atoms with Crippen LogP contribution in [0.3, 0.4) is 0 Å². The number of carbonyl (C=O) groups is 1. The molecule has 1 aliphatic heterocycles. The molecule has 1 fully saturated rings. The van der Waals surface area contributed by atoms with Crippen molar-refractivity contribution in [3.05, 3.63) is 19.2 Å². The van der Waals surface area contributed by atoms with Gasteiger partial charge in [0.05, 0.1) is 18.9 Å². The average molecular weight is 460 g/mol. The Morgan fingerprint density at radius 3 is 2.52 bits per heavy atom. The molecule has 0 spiro atoms. The van der Waals surface area contributed by atoms with Crippen molar-refractivity contribution in [1.82, 2.24) is 9.62 Å². The van der Waals surface area contributed by atoms with Gasteiger partial charge in [-0.2, -0.15) is 0 Å². The van der Waals surface area contributed by atoms with Gasteiger partial charge in [-0.3, -0.25) is 4.79 Å². The Bertz CT molecular complexity index is 622. The van der Waals surface area contributed by atoms with E-state index < -0.39 is 10.0 Å². The van der Waals surface area contributed by atoms with E-state index in [0.717, 1.165) is 7.57 Å². The lowest BCUT2D eigenvalue weighted by Crippen LogP contribution is -2.46. The highest BCUT2D eigenvalue weighted by atomic mass is 79.9. The summed E-state index contributed by atoms with van der Waals surface area (Å²) in [5.41, 5.74) is 0.607. The highest BCUT2D eigenvalue weighted by Crippen LogP contribution is 2.32. The topological polar surface area (TPSA) is 66.5 Å². The number of sulfonamides is 1. The number of hydrogen-bond acceptors (Lipinski definition) is 4. The van der Waals surface area contributed by atoms with Gasteiger partial charge in [-0.05, 0) is 57.7 Å². The van der Waals surface area contributed by atoms with Crippen molar-refractivity contribution in [2.24, 2.45) is 0 Å². The molecule has 1 aliphatic rings. The van der Waals surface area contributed by atoms with Gasteiger partial charge < -0.3 is 5.32 Å². The summed E-state index contributed by atoms with van der Waals surface area (Å²) in [4.78, 5) is 12.2. The fourth-order valence-electron chi connectivity index (χ4n) is 2.22. The second-order valence-corrected chi connectivity index (χ2v) is 10.8. The van der Waals surface area contributed by atoms with Crippen molar-refractivity contribution in [1.29, 1.82) is 0 Å². The molecule has 1 aromatic rings. The molecule has 2 rings (SSSR count). The summed E-state index contributed by atoms with van der Waals surface area (Å²) in [5.74, 6) is 0.000481. The van der Waals surface area contributed by atoms with Crippen molar-refractivity contribution in [2.75, 3.05) is 18.8 Å². The predicted octanol–water partition coefficient (Wildman–Crippen LogP) is 2.82. The SMILES string of the molecule is CCS(=O)(=O)N1CCC(NC(=O)c2cc(Br)sc2Br)CC1. The van der Waals surface area contributed by atoms with Crippen molar-refractivity contribution in [3.8, 4) is 0 Å². The molecule has 1 saturated heterocycles. The fourth-order valence-corrected chi connectivity index (χ4v) is 6.14. The molecule has 1 amide bonds. The van der Waals surface area contributed by atoms with Crippen molar-refractivity contribution in [3.63, 3.8) is 0 Å². The zero-order valence-corrected chi connectivity index (χ0v) is 16.2. The van der Waals surface area contributed by atoms with Crippen LogP contribution in [0.15, 0.2) is 13.6 Å². The predicted molar refractivity (Wildman–Crippen MR) is 91.2 cm³/mol. The van der Waals surface area contributed by atoms with Gasteiger partial charge in [0.25, 0.3) is 5.91 Å².